The van der Waals surface area contributed by atoms with Crippen LogP contribution in [0.4, 0.5) is 0 Å². The Labute approximate surface area is 192 Å². The van der Waals surface area contributed by atoms with Crippen LogP contribution in [0.3, 0.4) is 0 Å². The van der Waals surface area contributed by atoms with Gasteiger partial charge in [-0.05, 0) is 49.4 Å². The molecule has 0 saturated heterocycles. The predicted molar refractivity (Wildman–Crippen MR) is 125 cm³/mol. The highest BCUT2D eigenvalue weighted by atomic mass is 32.2. The molecule has 1 aliphatic carbocycles. The Morgan fingerprint density at radius 1 is 1.16 bits per heavy atom. The molecule has 1 N–H and O–H groups in total. The molecule has 3 aromatic rings. The SMILES string of the molecule is CCn1c(-c2ccc3c(c2)OCCO3)cnc1SCC(=O)NC(c1ccccc1)C1CC1. The van der Waals surface area contributed by atoms with Crippen LogP contribution in [0, 0.1) is 5.92 Å². The first-order valence-electron chi connectivity index (χ1n) is 11.2. The lowest BCUT2D eigenvalue weighted by atomic mass is 10.0. The third-order valence-electron chi connectivity index (χ3n) is 5.87. The number of carbonyl (C=O) groups is 1. The zero-order chi connectivity index (χ0) is 21.9. The number of hydrogen-bond donors (Lipinski definition) is 1. The third kappa shape index (κ3) is 4.48. The molecule has 32 heavy (non-hydrogen) atoms. The molecule has 1 saturated carbocycles. The summed E-state index contributed by atoms with van der Waals surface area (Å²) >= 11 is 1.48. The van der Waals surface area contributed by atoms with Crippen LogP contribution in [-0.4, -0.2) is 34.4 Å². The summed E-state index contributed by atoms with van der Waals surface area (Å²) in [7, 11) is 0. The van der Waals surface area contributed by atoms with Crippen molar-refractivity contribution in [3.8, 4) is 22.8 Å². The minimum atomic E-state index is 0.0438. The molecule has 1 unspecified atom stereocenters. The van der Waals surface area contributed by atoms with Gasteiger partial charge in [0.2, 0.25) is 5.91 Å². The minimum absolute atomic E-state index is 0.0438. The number of benzene rings is 2. The molecule has 0 bridgehead atoms. The van der Waals surface area contributed by atoms with Gasteiger partial charge in [-0.1, -0.05) is 42.1 Å². The van der Waals surface area contributed by atoms with E-state index in [1.165, 1.54) is 30.2 Å². The van der Waals surface area contributed by atoms with Crippen LogP contribution in [0.5, 0.6) is 11.5 Å². The normalized spacial score (nSPS) is 15.9. The monoisotopic (exact) mass is 449 g/mol. The zero-order valence-electron chi connectivity index (χ0n) is 18.1. The second-order valence-corrected chi connectivity index (χ2v) is 9.05. The van der Waals surface area contributed by atoms with E-state index in [0.29, 0.717) is 24.9 Å². The molecule has 2 aromatic carbocycles. The van der Waals surface area contributed by atoms with Crippen LogP contribution < -0.4 is 14.8 Å². The summed E-state index contributed by atoms with van der Waals surface area (Å²) in [5, 5.41) is 4.09. The second-order valence-electron chi connectivity index (χ2n) is 8.11. The van der Waals surface area contributed by atoms with Crippen LogP contribution in [0.2, 0.25) is 0 Å². The topological polar surface area (TPSA) is 65.4 Å². The highest BCUT2D eigenvalue weighted by Crippen LogP contribution is 2.41. The van der Waals surface area contributed by atoms with Gasteiger partial charge in [-0.2, -0.15) is 0 Å². The fourth-order valence-corrected chi connectivity index (χ4v) is 4.98. The van der Waals surface area contributed by atoms with Crippen molar-refractivity contribution in [3.05, 3.63) is 60.3 Å². The van der Waals surface area contributed by atoms with Crippen molar-refractivity contribution < 1.29 is 14.3 Å². The van der Waals surface area contributed by atoms with E-state index in [9.17, 15) is 4.79 Å². The molecule has 2 aliphatic rings. The van der Waals surface area contributed by atoms with Crippen molar-refractivity contribution in [3.63, 3.8) is 0 Å². The molecule has 1 atom stereocenters. The van der Waals surface area contributed by atoms with Gasteiger partial charge in [-0.25, -0.2) is 4.98 Å². The Hall–Kier alpha value is -2.93. The summed E-state index contributed by atoms with van der Waals surface area (Å²) in [5.74, 6) is 2.47. The number of thioether (sulfide) groups is 1. The van der Waals surface area contributed by atoms with E-state index in [1.54, 1.807) is 0 Å². The highest BCUT2D eigenvalue weighted by Gasteiger charge is 2.33. The van der Waals surface area contributed by atoms with Crippen molar-refractivity contribution in [2.24, 2.45) is 5.92 Å². The van der Waals surface area contributed by atoms with Gasteiger partial charge in [-0.3, -0.25) is 4.79 Å². The summed E-state index contributed by atoms with van der Waals surface area (Å²) in [6.07, 6.45) is 4.21. The number of nitrogens with zero attached hydrogens (tertiary/aromatic N) is 2. The standard InChI is InChI=1S/C25H27N3O3S/c1-2-28-20(19-10-11-21-22(14-19)31-13-12-30-21)15-26-25(28)32-16-23(29)27-24(18-8-9-18)17-6-4-3-5-7-17/h3-7,10-11,14-15,18,24H,2,8-9,12-13,16H2,1H3,(H,27,29). The Bertz CT molecular complexity index is 1100. The Kier molecular flexibility index (Phi) is 6.08. The van der Waals surface area contributed by atoms with Gasteiger partial charge in [0.15, 0.2) is 16.7 Å². The van der Waals surface area contributed by atoms with Gasteiger partial charge in [0, 0.05) is 12.1 Å². The molecular formula is C25H27N3O3S. The van der Waals surface area contributed by atoms with E-state index in [-0.39, 0.29) is 11.9 Å². The van der Waals surface area contributed by atoms with Gasteiger partial charge < -0.3 is 19.4 Å². The number of rotatable bonds is 8. The lowest BCUT2D eigenvalue weighted by molar-refractivity contribution is -0.119. The average Bonchev–Trinajstić information content (AvgIpc) is 3.60. The van der Waals surface area contributed by atoms with Gasteiger partial charge in [0.25, 0.3) is 0 Å². The Morgan fingerprint density at radius 3 is 2.69 bits per heavy atom. The summed E-state index contributed by atoms with van der Waals surface area (Å²) in [4.78, 5) is 17.4. The van der Waals surface area contributed by atoms with Gasteiger partial charge in [0.1, 0.15) is 13.2 Å². The van der Waals surface area contributed by atoms with Crippen molar-refractivity contribution >= 4 is 17.7 Å². The summed E-state index contributed by atoms with van der Waals surface area (Å²) in [6, 6.07) is 16.3. The first-order chi connectivity index (χ1) is 15.7. The Morgan fingerprint density at radius 2 is 1.94 bits per heavy atom. The van der Waals surface area contributed by atoms with Gasteiger partial charge >= 0.3 is 0 Å². The zero-order valence-corrected chi connectivity index (χ0v) is 18.9. The quantitative estimate of drug-likeness (QED) is 0.505. The largest absolute Gasteiger partial charge is 0.486 e. The third-order valence-corrected chi connectivity index (χ3v) is 6.86. The number of nitrogens with one attached hydrogen (secondary N) is 1. The van der Waals surface area contributed by atoms with Crippen molar-refractivity contribution in [2.75, 3.05) is 19.0 Å². The van der Waals surface area contributed by atoms with Crippen molar-refractivity contribution in [1.29, 1.82) is 0 Å². The molecular weight excluding hydrogens is 422 g/mol. The second kappa shape index (κ2) is 9.28. The highest BCUT2D eigenvalue weighted by molar-refractivity contribution is 7.99. The fraction of sp³-hybridized carbons (Fsp3) is 0.360. The predicted octanol–water partition coefficient (Wildman–Crippen LogP) is 4.70. The van der Waals surface area contributed by atoms with Crippen molar-refractivity contribution in [1.82, 2.24) is 14.9 Å². The molecule has 2 heterocycles. The number of fused-ring (bicyclic) bond motifs is 1. The summed E-state index contributed by atoms with van der Waals surface area (Å²) in [6.45, 7) is 3.99. The first-order valence-corrected chi connectivity index (χ1v) is 12.1. The van der Waals surface area contributed by atoms with Crippen LogP contribution in [-0.2, 0) is 11.3 Å². The molecule has 1 aliphatic heterocycles. The van der Waals surface area contributed by atoms with E-state index >= 15 is 0 Å². The van der Waals surface area contributed by atoms with Gasteiger partial charge in [-0.15, -0.1) is 0 Å². The van der Waals surface area contributed by atoms with Crippen LogP contribution in [0.1, 0.15) is 31.4 Å². The molecule has 5 rings (SSSR count). The molecule has 1 aromatic heterocycles. The minimum Gasteiger partial charge on any atom is -0.486 e. The van der Waals surface area contributed by atoms with Gasteiger partial charge in [0.05, 0.1) is 23.7 Å². The maximum Gasteiger partial charge on any atom is 0.230 e. The van der Waals surface area contributed by atoms with E-state index in [0.717, 1.165) is 34.5 Å². The van der Waals surface area contributed by atoms with E-state index < -0.39 is 0 Å². The van der Waals surface area contributed by atoms with E-state index in [2.05, 4.69) is 33.9 Å². The number of ether oxygens (including phenoxy) is 2. The maximum atomic E-state index is 12.8. The molecule has 7 heteroatoms. The number of amides is 1. The smallest absolute Gasteiger partial charge is 0.230 e. The maximum absolute atomic E-state index is 12.8. The van der Waals surface area contributed by atoms with Crippen molar-refractivity contribution in [2.45, 2.75) is 37.5 Å². The van der Waals surface area contributed by atoms with Crippen LogP contribution in [0.15, 0.2) is 59.9 Å². The molecule has 0 radical (unpaired) electrons. The number of imidazole rings is 1. The molecule has 6 nitrogen and oxygen atoms in total. The Balaban J connectivity index is 1.27. The summed E-state index contributed by atoms with van der Waals surface area (Å²) in [5.41, 5.74) is 3.22. The molecule has 1 amide bonds. The molecule has 1 fully saturated rings. The summed E-state index contributed by atoms with van der Waals surface area (Å²) < 4.78 is 13.5. The molecule has 0 spiro atoms. The van der Waals surface area contributed by atoms with Crippen LogP contribution in [0.25, 0.3) is 11.3 Å². The van der Waals surface area contributed by atoms with E-state index in [4.69, 9.17) is 9.47 Å². The lowest BCUT2D eigenvalue weighted by Crippen LogP contribution is -2.31. The first kappa shape index (κ1) is 20.9. The van der Waals surface area contributed by atoms with Crippen LogP contribution >= 0.6 is 11.8 Å². The number of carbonyl (C=O) groups excluding carboxylic acids is 1. The lowest BCUT2D eigenvalue weighted by Gasteiger charge is -2.19. The number of hydrogen-bond acceptors (Lipinski definition) is 5. The fourth-order valence-electron chi connectivity index (χ4n) is 4.12. The molecule has 166 valence electrons. The average molecular weight is 450 g/mol. The van der Waals surface area contributed by atoms with E-state index in [1.807, 2.05) is 42.6 Å². The number of aromatic nitrogens is 2.